The molecular formula is C17H13BF2N2. The molecule has 108 valence electrons. The Kier molecular flexibility index (Phi) is 2.82. The molecule has 2 aliphatic rings. The summed E-state index contributed by atoms with van der Waals surface area (Å²) >= 11 is 0. The highest BCUT2D eigenvalue weighted by atomic mass is 19.3. The predicted molar refractivity (Wildman–Crippen MR) is 86.3 cm³/mol. The van der Waals surface area contributed by atoms with E-state index < -0.39 is 5.92 Å². The van der Waals surface area contributed by atoms with Crippen LogP contribution >= 0.6 is 0 Å². The number of halogens is 2. The maximum absolute atomic E-state index is 13.7. The van der Waals surface area contributed by atoms with Crippen LogP contribution in [0.2, 0.25) is 0 Å². The third kappa shape index (κ3) is 2.10. The van der Waals surface area contributed by atoms with Gasteiger partial charge >= 0.3 is 13.5 Å². The molecule has 2 nitrogen and oxygen atoms in total. The predicted octanol–water partition coefficient (Wildman–Crippen LogP) is 3.59. The second-order valence-corrected chi connectivity index (χ2v) is 5.43. The third-order valence-electron chi connectivity index (χ3n) is 3.99. The number of aromatic nitrogens is 1. The molecule has 0 radical (unpaired) electrons. The van der Waals surface area contributed by atoms with Crippen molar-refractivity contribution in [2.45, 2.75) is 5.92 Å². The zero-order valence-corrected chi connectivity index (χ0v) is 11.8. The maximum atomic E-state index is 13.7. The molecule has 4 rings (SSSR count). The van der Waals surface area contributed by atoms with Crippen molar-refractivity contribution >= 4 is 25.8 Å². The summed E-state index contributed by atoms with van der Waals surface area (Å²) < 4.78 is 29.5. The van der Waals surface area contributed by atoms with Crippen LogP contribution in [0.3, 0.4) is 0 Å². The largest absolute Gasteiger partial charge is 0.373 e. The van der Waals surface area contributed by atoms with E-state index in [1.165, 1.54) is 6.20 Å². The average molecular weight is 294 g/mol. The van der Waals surface area contributed by atoms with Crippen molar-refractivity contribution in [2.75, 3.05) is 0 Å². The number of nitrogens with zero attached hydrogens (tertiary/aromatic N) is 2. The number of allylic oxidation sites excluding steroid dienone is 1. The normalized spacial score (nSPS) is 18.1. The summed E-state index contributed by atoms with van der Waals surface area (Å²) in [6.07, 6.45) is 8.00. The summed E-state index contributed by atoms with van der Waals surface area (Å²) in [6.45, 7) is 0. The first-order chi connectivity index (χ1) is 10.6. The fourth-order valence-electron chi connectivity index (χ4n) is 2.82. The molecule has 0 bridgehead atoms. The van der Waals surface area contributed by atoms with Gasteiger partial charge in [-0.1, -0.05) is 36.4 Å². The van der Waals surface area contributed by atoms with Crippen molar-refractivity contribution in [3.8, 4) is 0 Å². The molecular weight excluding hydrogens is 281 g/mol. The van der Waals surface area contributed by atoms with E-state index in [4.69, 9.17) is 0 Å². The highest BCUT2D eigenvalue weighted by molar-refractivity contribution is 6.33. The standard InChI is InChI=1S/C17H13BF2N2/c19-17(20)10-11-21-16(17)12-15-9-8-14(22(15)18-21)7-6-13-4-2-1-3-5-13/h1-12,18H/b7-6+. The minimum absolute atomic E-state index is 0.0525. The summed E-state index contributed by atoms with van der Waals surface area (Å²) in [5.41, 5.74) is 2.97. The van der Waals surface area contributed by atoms with Gasteiger partial charge in [-0.05, 0) is 36.0 Å². The van der Waals surface area contributed by atoms with E-state index in [2.05, 4.69) is 0 Å². The van der Waals surface area contributed by atoms with Crippen molar-refractivity contribution in [1.29, 1.82) is 0 Å². The van der Waals surface area contributed by atoms with Gasteiger partial charge in [-0.2, -0.15) is 8.78 Å². The summed E-state index contributed by atoms with van der Waals surface area (Å²) in [6, 6.07) is 13.8. The topological polar surface area (TPSA) is 8.17 Å². The van der Waals surface area contributed by atoms with Crippen LogP contribution in [0.15, 0.2) is 60.4 Å². The highest BCUT2D eigenvalue weighted by Gasteiger charge is 2.41. The van der Waals surface area contributed by atoms with Gasteiger partial charge in [0, 0.05) is 17.5 Å². The van der Waals surface area contributed by atoms with Crippen LogP contribution in [0, 0.1) is 0 Å². The smallest absolute Gasteiger partial charge is 0.365 e. The number of hydrogen-bond donors (Lipinski definition) is 0. The molecule has 0 fully saturated rings. The van der Waals surface area contributed by atoms with Gasteiger partial charge in [0.25, 0.3) is 0 Å². The van der Waals surface area contributed by atoms with Gasteiger partial charge in [0.1, 0.15) is 0 Å². The van der Waals surface area contributed by atoms with E-state index in [9.17, 15) is 8.78 Å². The fourth-order valence-corrected chi connectivity index (χ4v) is 2.82. The summed E-state index contributed by atoms with van der Waals surface area (Å²) in [7, 11) is 0.411. The second-order valence-electron chi connectivity index (χ2n) is 5.43. The Bertz CT molecular complexity index is 803. The first-order valence-corrected chi connectivity index (χ1v) is 7.12. The lowest BCUT2D eigenvalue weighted by Crippen LogP contribution is -2.34. The monoisotopic (exact) mass is 294 g/mol. The zero-order valence-electron chi connectivity index (χ0n) is 11.8. The molecule has 0 atom stereocenters. The van der Waals surface area contributed by atoms with Crippen molar-refractivity contribution in [3.05, 3.63) is 77.4 Å². The van der Waals surface area contributed by atoms with Gasteiger partial charge in [0.2, 0.25) is 0 Å². The molecule has 2 aliphatic heterocycles. The van der Waals surface area contributed by atoms with E-state index in [-0.39, 0.29) is 5.70 Å². The molecule has 0 saturated carbocycles. The Labute approximate surface area is 128 Å². The van der Waals surface area contributed by atoms with Crippen LogP contribution in [-0.2, 0) is 0 Å². The Balaban J connectivity index is 1.67. The lowest BCUT2D eigenvalue weighted by molar-refractivity contribution is 0.0929. The minimum Gasteiger partial charge on any atom is -0.373 e. The van der Waals surface area contributed by atoms with Gasteiger partial charge < -0.3 is 9.29 Å². The Morgan fingerprint density at radius 2 is 1.82 bits per heavy atom. The number of alkyl halides is 2. The van der Waals surface area contributed by atoms with E-state index in [0.717, 1.165) is 23.0 Å². The van der Waals surface area contributed by atoms with Gasteiger partial charge in [0.05, 0.1) is 5.70 Å². The molecule has 5 heteroatoms. The first kappa shape index (κ1) is 13.1. The van der Waals surface area contributed by atoms with Crippen LogP contribution in [0.5, 0.6) is 0 Å². The number of hydrogen-bond acceptors (Lipinski definition) is 1. The minimum atomic E-state index is -2.87. The Hall–Kier alpha value is -2.56. The number of rotatable bonds is 2. The molecule has 0 unspecified atom stereocenters. The molecule has 0 aliphatic carbocycles. The van der Waals surface area contributed by atoms with Crippen LogP contribution in [0.25, 0.3) is 18.2 Å². The molecule has 0 N–H and O–H groups in total. The van der Waals surface area contributed by atoms with Crippen LogP contribution < -0.4 is 0 Å². The van der Waals surface area contributed by atoms with Crippen LogP contribution in [-0.4, -0.2) is 22.8 Å². The van der Waals surface area contributed by atoms with Crippen LogP contribution in [0.1, 0.15) is 17.0 Å². The quantitative estimate of drug-likeness (QED) is 0.768. The maximum Gasteiger partial charge on any atom is 0.365 e. The molecule has 1 aromatic carbocycles. The van der Waals surface area contributed by atoms with Gasteiger partial charge in [-0.25, -0.2) is 0 Å². The van der Waals surface area contributed by atoms with Gasteiger partial charge in [-0.3, -0.25) is 0 Å². The Morgan fingerprint density at radius 3 is 2.64 bits per heavy atom. The van der Waals surface area contributed by atoms with Gasteiger partial charge in [-0.15, -0.1) is 0 Å². The van der Waals surface area contributed by atoms with E-state index in [0.29, 0.717) is 7.55 Å². The van der Waals surface area contributed by atoms with Crippen LogP contribution in [0.4, 0.5) is 8.78 Å². The van der Waals surface area contributed by atoms with E-state index in [1.807, 2.05) is 59.1 Å². The molecule has 0 amide bonds. The number of fused-ring (bicyclic) bond motifs is 2. The molecule has 0 saturated heterocycles. The molecule has 2 aromatic rings. The van der Waals surface area contributed by atoms with E-state index >= 15 is 0 Å². The van der Waals surface area contributed by atoms with Crippen molar-refractivity contribution in [2.24, 2.45) is 0 Å². The highest BCUT2D eigenvalue weighted by Crippen LogP contribution is 2.37. The number of benzene rings is 1. The third-order valence-corrected chi connectivity index (χ3v) is 3.99. The lowest BCUT2D eigenvalue weighted by Gasteiger charge is -2.27. The fraction of sp³-hybridized carbons (Fsp3) is 0.0588. The zero-order chi connectivity index (χ0) is 15.2. The average Bonchev–Trinajstić information content (AvgIpc) is 3.06. The van der Waals surface area contributed by atoms with E-state index in [1.54, 1.807) is 10.9 Å². The van der Waals surface area contributed by atoms with Gasteiger partial charge in [0.15, 0.2) is 0 Å². The summed E-state index contributed by atoms with van der Waals surface area (Å²) in [5, 5.41) is 0. The first-order valence-electron chi connectivity index (χ1n) is 7.12. The SMILES string of the molecule is FC1(F)C=CN2Bn3c(ccc3/C=C/c3ccccc3)C=C21. The van der Waals surface area contributed by atoms with Crippen molar-refractivity contribution < 1.29 is 8.78 Å². The molecule has 0 spiro atoms. The lowest BCUT2D eigenvalue weighted by atomic mass is 10.0. The summed E-state index contributed by atoms with van der Waals surface area (Å²) in [5.74, 6) is -2.87. The summed E-state index contributed by atoms with van der Waals surface area (Å²) in [4.78, 5) is 1.59. The van der Waals surface area contributed by atoms with Crippen molar-refractivity contribution in [3.63, 3.8) is 0 Å². The second kappa shape index (κ2) is 4.73. The molecule has 3 heterocycles. The van der Waals surface area contributed by atoms with Crippen molar-refractivity contribution in [1.82, 2.24) is 9.29 Å². The molecule has 22 heavy (non-hydrogen) atoms. The molecule has 1 aromatic heterocycles. The Morgan fingerprint density at radius 1 is 1.00 bits per heavy atom.